The van der Waals surface area contributed by atoms with E-state index in [0.29, 0.717) is 65.6 Å². The first-order chi connectivity index (χ1) is 15.0. The highest BCUT2D eigenvalue weighted by molar-refractivity contribution is 8.26. The fourth-order valence-corrected chi connectivity index (χ4v) is 4.38. The number of fused-ring (bicyclic) bond motifs is 1. The summed E-state index contributed by atoms with van der Waals surface area (Å²) in [6.07, 6.45) is 4.01. The molecule has 0 bridgehead atoms. The van der Waals surface area contributed by atoms with E-state index in [-0.39, 0.29) is 11.5 Å². The number of ether oxygens (including phenoxy) is 2. The van der Waals surface area contributed by atoms with Crippen LogP contribution in [0.5, 0.6) is 0 Å². The van der Waals surface area contributed by atoms with Gasteiger partial charge in [0.1, 0.15) is 15.8 Å². The van der Waals surface area contributed by atoms with Gasteiger partial charge in [-0.2, -0.15) is 0 Å². The summed E-state index contributed by atoms with van der Waals surface area (Å²) >= 11 is 6.58. The second kappa shape index (κ2) is 10.9. The molecule has 1 aliphatic rings. The summed E-state index contributed by atoms with van der Waals surface area (Å²) in [7, 11) is 1.60. The molecule has 0 saturated carbocycles. The second-order valence-electron chi connectivity index (χ2n) is 6.92. The zero-order chi connectivity index (χ0) is 22.4. The minimum Gasteiger partial charge on any atom is -0.383 e. The normalized spacial score (nSPS) is 15.5. The van der Waals surface area contributed by atoms with E-state index < -0.39 is 0 Å². The number of aromatic nitrogens is 2. The van der Waals surface area contributed by atoms with Crippen molar-refractivity contribution in [1.82, 2.24) is 14.3 Å². The third-order valence-electron chi connectivity index (χ3n) is 4.63. The number of nitrogens with one attached hydrogen (secondary N) is 1. The number of carbonyl (C=O) groups is 1. The predicted octanol–water partition coefficient (Wildman–Crippen LogP) is 2.69. The molecule has 2 aromatic heterocycles. The van der Waals surface area contributed by atoms with Gasteiger partial charge in [0, 0.05) is 39.6 Å². The van der Waals surface area contributed by atoms with Gasteiger partial charge in [0.15, 0.2) is 0 Å². The van der Waals surface area contributed by atoms with Crippen molar-refractivity contribution in [3.63, 3.8) is 0 Å². The molecule has 8 nitrogen and oxygen atoms in total. The van der Waals surface area contributed by atoms with Gasteiger partial charge < -0.3 is 14.8 Å². The molecule has 3 rings (SSSR count). The molecule has 1 fully saturated rings. The quantitative estimate of drug-likeness (QED) is 0.328. The lowest BCUT2D eigenvalue weighted by atomic mass is 10.2. The SMILES string of the molecule is CCOCCCN1C(=O)/C(=C\c2c(NCCOC)nc3ccc(C)cn3c2=O)SC1=S. The number of anilines is 1. The second-order valence-corrected chi connectivity index (χ2v) is 8.59. The van der Waals surface area contributed by atoms with E-state index in [0.717, 1.165) is 5.56 Å². The van der Waals surface area contributed by atoms with E-state index in [4.69, 9.17) is 21.7 Å². The van der Waals surface area contributed by atoms with Crippen molar-refractivity contribution in [3.8, 4) is 0 Å². The number of thioether (sulfide) groups is 1. The fraction of sp³-hybridized carbons (Fsp3) is 0.429. The van der Waals surface area contributed by atoms with Gasteiger partial charge in [-0.25, -0.2) is 4.98 Å². The van der Waals surface area contributed by atoms with Crippen molar-refractivity contribution in [1.29, 1.82) is 0 Å². The molecule has 10 heteroatoms. The maximum atomic E-state index is 13.3. The van der Waals surface area contributed by atoms with Crippen LogP contribution in [0, 0.1) is 6.92 Å². The van der Waals surface area contributed by atoms with Gasteiger partial charge in [0.2, 0.25) is 0 Å². The number of pyridine rings is 1. The molecule has 166 valence electrons. The molecule has 0 radical (unpaired) electrons. The van der Waals surface area contributed by atoms with Crippen LogP contribution in [0.15, 0.2) is 28.0 Å². The van der Waals surface area contributed by atoms with Gasteiger partial charge in [-0.15, -0.1) is 0 Å². The van der Waals surface area contributed by atoms with Gasteiger partial charge in [-0.3, -0.25) is 18.9 Å². The van der Waals surface area contributed by atoms with Crippen LogP contribution in [0.25, 0.3) is 11.7 Å². The number of nitrogens with zero attached hydrogens (tertiary/aromatic N) is 3. The first-order valence-electron chi connectivity index (χ1n) is 10.0. The predicted molar refractivity (Wildman–Crippen MR) is 128 cm³/mol. The van der Waals surface area contributed by atoms with Gasteiger partial charge in [-0.05, 0) is 38.0 Å². The molecule has 0 aromatic carbocycles. The van der Waals surface area contributed by atoms with Crippen LogP contribution in [0.2, 0.25) is 0 Å². The Kier molecular flexibility index (Phi) is 8.19. The standard InChI is InChI=1S/C21H26N4O4S2/c1-4-29-10-5-9-24-20(27)16(31-21(24)30)12-15-18(22-8-11-28-3)23-17-7-6-14(2)13-25(17)19(15)26/h6-7,12-13,22H,4-5,8-11H2,1-3H3/b16-12+. The smallest absolute Gasteiger partial charge is 0.267 e. The van der Waals surface area contributed by atoms with Crippen LogP contribution < -0.4 is 10.9 Å². The molecule has 3 heterocycles. The Labute approximate surface area is 190 Å². The van der Waals surface area contributed by atoms with E-state index >= 15 is 0 Å². The number of amides is 1. The monoisotopic (exact) mass is 462 g/mol. The van der Waals surface area contributed by atoms with Gasteiger partial charge in [0.05, 0.1) is 17.1 Å². The summed E-state index contributed by atoms with van der Waals surface area (Å²) < 4.78 is 12.4. The topological polar surface area (TPSA) is 85.2 Å². The Morgan fingerprint density at radius 1 is 1.29 bits per heavy atom. The van der Waals surface area contributed by atoms with Crippen molar-refractivity contribution >= 4 is 51.7 Å². The van der Waals surface area contributed by atoms with Crippen molar-refractivity contribution in [3.05, 3.63) is 44.7 Å². The lowest BCUT2D eigenvalue weighted by Crippen LogP contribution is -2.29. The Balaban J connectivity index is 1.96. The molecular weight excluding hydrogens is 436 g/mol. The van der Waals surface area contributed by atoms with Crippen molar-refractivity contribution in [2.75, 3.05) is 45.3 Å². The summed E-state index contributed by atoms with van der Waals surface area (Å²) in [6, 6.07) is 3.69. The van der Waals surface area contributed by atoms with E-state index in [2.05, 4.69) is 10.3 Å². The highest BCUT2D eigenvalue weighted by atomic mass is 32.2. The van der Waals surface area contributed by atoms with Crippen molar-refractivity contribution in [2.45, 2.75) is 20.3 Å². The molecule has 2 aromatic rings. The van der Waals surface area contributed by atoms with Crippen molar-refractivity contribution in [2.24, 2.45) is 0 Å². The fourth-order valence-electron chi connectivity index (χ4n) is 3.09. The van der Waals surface area contributed by atoms with Gasteiger partial charge in [0.25, 0.3) is 11.5 Å². The zero-order valence-corrected chi connectivity index (χ0v) is 19.5. The van der Waals surface area contributed by atoms with E-state index in [9.17, 15) is 9.59 Å². The third-order valence-corrected chi connectivity index (χ3v) is 6.01. The first-order valence-corrected chi connectivity index (χ1v) is 11.3. The Morgan fingerprint density at radius 3 is 2.84 bits per heavy atom. The number of thiocarbonyl (C=S) groups is 1. The number of rotatable bonds is 10. The molecule has 0 unspecified atom stereocenters. The van der Waals surface area contributed by atoms with Crippen molar-refractivity contribution < 1.29 is 14.3 Å². The first kappa shape index (κ1) is 23.4. The molecule has 0 atom stereocenters. The third kappa shape index (κ3) is 5.51. The highest BCUT2D eigenvalue weighted by Gasteiger charge is 2.32. The minimum absolute atomic E-state index is 0.205. The molecular formula is C21H26N4O4S2. The maximum absolute atomic E-state index is 13.3. The molecule has 1 saturated heterocycles. The Hall–Kier alpha value is -2.27. The molecule has 1 N–H and O–H groups in total. The van der Waals surface area contributed by atoms with Crippen LogP contribution in [-0.4, -0.2) is 64.5 Å². The molecule has 0 spiro atoms. The number of carbonyl (C=O) groups excluding carboxylic acids is 1. The van der Waals surface area contributed by atoms with Gasteiger partial charge in [-0.1, -0.05) is 30.0 Å². The number of aryl methyl sites for hydroxylation is 1. The lowest BCUT2D eigenvalue weighted by Gasteiger charge is -2.14. The summed E-state index contributed by atoms with van der Waals surface area (Å²) in [4.78, 5) is 32.7. The molecule has 0 aliphatic carbocycles. The average molecular weight is 463 g/mol. The summed E-state index contributed by atoms with van der Waals surface area (Å²) in [5.41, 5.74) is 1.52. The van der Waals surface area contributed by atoms with Crippen LogP contribution in [-0.2, 0) is 14.3 Å². The minimum atomic E-state index is -0.254. The lowest BCUT2D eigenvalue weighted by molar-refractivity contribution is -0.122. The summed E-state index contributed by atoms with van der Waals surface area (Å²) in [6.45, 7) is 6.45. The van der Waals surface area contributed by atoms with Crippen LogP contribution in [0.3, 0.4) is 0 Å². The summed E-state index contributed by atoms with van der Waals surface area (Å²) in [5, 5.41) is 3.14. The van der Waals surface area contributed by atoms with Gasteiger partial charge >= 0.3 is 0 Å². The largest absolute Gasteiger partial charge is 0.383 e. The highest BCUT2D eigenvalue weighted by Crippen LogP contribution is 2.33. The number of methoxy groups -OCH3 is 1. The van der Waals surface area contributed by atoms with E-state index in [1.165, 1.54) is 16.2 Å². The molecule has 1 amide bonds. The Bertz CT molecular complexity index is 1070. The summed E-state index contributed by atoms with van der Waals surface area (Å²) in [5.74, 6) is 0.204. The number of hydrogen-bond donors (Lipinski definition) is 1. The molecule has 31 heavy (non-hydrogen) atoms. The average Bonchev–Trinajstić information content (AvgIpc) is 3.01. The Morgan fingerprint density at radius 2 is 2.10 bits per heavy atom. The number of hydrogen-bond acceptors (Lipinski definition) is 8. The molecule has 1 aliphatic heterocycles. The van der Waals surface area contributed by atoms with E-state index in [1.807, 2.05) is 19.9 Å². The van der Waals surface area contributed by atoms with E-state index in [1.54, 1.807) is 30.3 Å². The van der Waals surface area contributed by atoms with Crippen LogP contribution >= 0.6 is 24.0 Å². The zero-order valence-electron chi connectivity index (χ0n) is 17.8. The maximum Gasteiger partial charge on any atom is 0.267 e. The van der Waals surface area contributed by atoms with Crippen LogP contribution in [0.1, 0.15) is 24.5 Å². The van der Waals surface area contributed by atoms with Crippen LogP contribution in [0.4, 0.5) is 5.82 Å².